The van der Waals surface area contributed by atoms with Gasteiger partial charge in [-0.3, -0.25) is 4.98 Å². The monoisotopic (exact) mass is 219 g/mol. The molecule has 16 heavy (non-hydrogen) atoms. The molecule has 1 aliphatic heterocycles. The summed E-state index contributed by atoms with van der Waals surface area (Å²) in [6, 6.07) is 6.06. The van der Waals surface area contributed by atoms with Gasteiger partial charge < -0.3 is 10.6 Å². The van der Waals surface area contributed by atoms with Gasteiger partial charge in [-0.2, -0.15) is 0 Å². The van der Waals surface area contributed by atoms with Crippen molar-refractivity contribution in [2.24, 2.45) is 5.92 Å². The number of hydrogen-bond donors (Lipinski definition) is 2. The van der Waals surface area contributed by atoms with Crippen LogP contribution in [0.15, 0.2) is 24.4 Å². The summed E-state index contributed by atoms with van der Waals surface area (Å²) in [4.78, 5) is 4.29. The van der Waals surface area contributed by atoms with Crippen LogP contribution in [0.25, 0.3) is 0 Å². The van der Waals surface area contributed by atoms with Crippen molar-refractivity contribution >= 4 is 0 Å². The van der Waals surface area contributed by atoms with Crippen molar-refractivity contribution in [2.45, 2.75) is 25.8 Å². The van der Waals surface area contributed by atoms with E-state index in [1.807, 2.05) is 18.3 Å². The van der Waals surface area contributed by atoms with Crippen LogP contribution in [0.1, 0.15) is 25.0 Å². The van der Waals surface area contributed by atoms with Crippen LogP contribution in [-0.4, -0.2) is 24.6 Å². The Morgan fingerprint density at radius 2 is 2.19 bits per heavy atom. The van der Waals surface area contributed by atoms with Crippen LogP contribution in [0, 0.1) is 5.92 Å². The SMILES string of the molecule is c1ccc(CNCCC2CCNCC2)nc1. The van der Waals surface area contributed by atoms with Crippen molar-refractivity contribution in [2.75, 3.05) is 19.6 Å². The molecule has 1 aliphatic rings. The lowest BCUT2D eigenvalue weighted by Crippen LogP contribution is -2.29. The second-order valence-corrected chi connectivity index (χ2v) is 4.48. The number of nitrogens with zero attached hydrogens (tertiary/aromatic N) is 1. The minimum Gasteiger partial charge on any atom is -0.317 e. The van der Waals surface area contributed by atoms with Crippen LogP contribution in [0.3, 0.4) is 0 Å². The Morgan fingerprint density at radius 1 is 1.31 bits per heavy atom. The standard InChI is InChI=1S/C13H21N3/c1-2-7-16-13(3-1)11-15-10-6-12-4-8-14-9-5-12/h1-3,7,12,14-15H,4-6,8-11H2. The van der Waals surface area contributed by atoms with E-state index in [1.54, 1.807) is 0 Å². The summed E-state index contributed by atoms with van der Waals surface area (Å²) in [5.74, 6) is 0.914. The maximum Gasteiger partial charge on any atom is 0.0541 e. The van der Waals surface area contributed by atoms with E-state index >= 15 is 0 Å². The second-order valence-electron chi connectivity index (χ2n) is 4.48. The zero-order valence-corrected chi connectivity index (χ0v) is 9.78. The molecular formula is C13H21N3. The van der Waals surface area contributed by atoms with Crippen LogP contribution in [-0.2, 0) is 6.54 Å². The molecule has 2 rings (SSSR count). The molecule has 0 aromatic carbocycles. The molecule has 0 unspecified atom stereocenters. The Kier molecular flexibility index (Phi) is 4.77. The van der Waals surface area contributed by atoms with Crippen LogP contribution < -0.4 is 10.6 Å². The van der Waals surface area contributed by atoms with E-state index in [0.717, 1.165) is 24.7 Å². The zero-order valence-electron chi connectivity index (χ0n) is 9.78. The normalized spacial score (nSPS) is 17.5. The van der Waals surface area contributed by atoms with Crippen molar-refractivity contribution in [3.63, 3.8) is 0 Å². The van der Waals surface area contributed by atoms with Crippen LogP contribution in [0.5, 0.6) is 0 Å². The minimum atomic E-state index is 0.895. The molecule has 0 spiro atoms. The molecular weight excluding hydrogens is 198 g/mol. The third-order valence-corrected chi connectivity index (χ3v) is 3.22. The Bertz CT molecular complexity index is 280. The summed E-state index contributed by atoms with van der Waals surface area (Å²) >= 11 is 0. The van der Waals surface area contributed by atoms with Crippen LogP contribution in [0.4, 0.5) is 0 Å². The molecule has 1 aromatic heterocycles. The van der Waals surface area contributed by atoms with Gasteiger partial charge >= 0.3 is 0 Å². The average Bonchev–Trinajstić information content (AvgIpc) is 2.37. The third-order valence-electron chi connectivity index (χ3n) is 3.22. The van der Waals surface area contributed by atoms with E-state index < -0.39 is 0 Å². The first kappa shape index (κ1) is 11.6. The molecule has 0 radical (unpaired) electrons. The molecule has 0 saturated carbocycles. The fourth-order valence-corrected chi connectivity index (χ4v) is 2.20. The lowest BCUT2D eigenvalue weighted by Gasteiger charge is -2.22. The van der Waals surface area contributed by atoms with Gasteiger partial charge in [-0.15, -0.1) is 0 Å². The highest BCUT2D eigenvalue weighted by atomic mass is 14.9. The van der Waals surface area contributed by atoms with Gasteiger partial charge in [0.1, 0.15) is 0 Å². The molecule has 0 atom stereocenters. The highest BCUT2D eigenvalue weighted by Crippen LogP contribution is 2.14. The molecule has 3 nitrogen and oxygen atoms in total. The van der Waals surface area contributed by atoms with E-state index in [9.17, 15) is 0 Å². The molecule has 88 valence electrons. The lowest BCUT2D eigenvalue weighted by molar-refractivity contribution is 0.348. The molecule has 1 aromatic rings. The summed E-state index contributed by atoms with van der Waals surface area (Å²) in [6.07, 6.45) is 5.83. The smallest absolute Gasteiger partial charge is 0.0541 e. The van der Waals surface area contributed by atoms with Crippen LogP contribution >= 0.6 is 0 Å². The Balaban J connectivity index is 1.58. The maximum atomic E-state index is 4.29. The average molecular weight is 219 g/mol. The Hall–Kier alpha value is -0.930. The van der Waals surface area contributed by atoms with Gasteiger partial charge in [0.2, 0.25) is 0 Å². The number of rotatable bonds is 5. The number of pyridine rings is 1. The Morgan fingerprint density at radius 3 is 2.94 bits per heavy atom. The lowest BCUT2D eigenvalue weighted by atomic mass is 9.95. The van der Waals surface area contributed by atoms with Gasteiger partial charge in [0, 0.05) is 12.7 Å². The predicted molar refractivity (Wildman–Crippen MR) is 66.2 cm³/mol. The Labute approximate surface area is 97.7 Å². The maximum absolute atomic E-state index is 4.29. The highest BCUT2D eigenvalue weighted by molar-refractivity contribution is 5.02. The van der Waals surface area contributed by atoms with Crippen molar-refractivity contribution in [3.05, 3.63) is 30.1 Å². The van der Waals surface area contributed by atoms with Gasteiger partial charge in [0.15, 0.2) is 0 Å². The van der Waals surface area contributed by atoms with E-state index in [1.165, 1.54) is 32.4 Å². The number of piperidine rings is 1. The fourth-order valence-electron chi connectivity index (χ4n) is 2.20. The molecule has 1 saturated heterocycles. The van der Waals surface area contributed by atoms with Crippen molar-refractivity contribution in [1.29, 1.82) is 0 Å². The molecule has 3 heteroatoms. The quantitative estimate of drug-likeness (QED) is 0.738. The summed E-state index contributed by atoms with van der Waals surface area (Å²) in [6.45, 7) is 4.41. The molecule has 0 amide bonds. The van der Waals surface area contributed by atoms with Gasteiger partial charge in [-0.25, -0.2) is 0 Å². The topological polar surface area (TPSA) is 37.0 Å². The van der Waals surface area contributed by atoms with E-state index in [4.69, 9.17) is 0 Å². The van der Waals surface area contributed by atoms with E-state index in [2.05, 4.69) is 21.7 Å². The summed E-state index contributed by atoms with van der Waals surface area (Å²) in [5, 5.41) is 6.87. The summed E-state index contributed by atoms with van der Waals surface area (Å²) < 4.78 is 0. The van der Waals surface area contributed by atoms with Crippen molar-refractivity contribution in [1.82, 2.24) is 15.6 Å². The van der Waals surface area contributed by atoms with E-state index in [0.29, 0.717) is 0 Å². The zero-order chi connectivity index (χ0) is 11.1. The first-order chi connectivity index (χ1) is 7.95. The van der Waals surface area contributed by atoms with Gasteiger partial charge in [-0.05, 0) is 56.9 Å². The number of aromatic nitrogens is 1. The molecule has 2 heterocycles. The van der Waals surface area contributed by atoms with Crippen molar-refractivity contribution in [3.8, 4) is 0 Å². The molecule has 0 bridgehead atoms. The van der Waals surface area contributed by atoms with Gasteiger partial charge in [-0.1, -0.05) is 6.07 Å². The van der Waals surface area contributed by atoms with Gasteiger partial charge in [0.25, 0.3) is 0 Å². The van der Waals surface area contributed by atoms with E-state index in [-0.39, 0.29) is 0 Å². The van der Waals surface area contributed by atoms with Crippen molar-refractivity contribution < 1.29 is 0 Å². The first-order valence-corrected chi connectivity index (χ1v) is 6.26. The summed E-state index contributed by atoms with van der Waals surface area (Å²) in [7, 11) is 0. The second kappa shape index (κ2) is 6.61. The van der Waals surface area contributed by atoms with Gasteiger partial charge in [0.05, 0.1) is 5.69 Å². The number of hydrogen-bond acceptors (Lipinski definition) is 3. The largest absolute Gasteiger partial charge is 0.317 e. The minimum absolute atomic E-state index is 0.895. The summed E-state index contributed by atoms with van der Waals surface area (Å²) in [5.41, 5.74) is 1.13. The first-order valence-electron chi connectivity index (χ1n) is 6.26. The molecule has 0 aliphatic carbocycles. The highest BCUT2D eigenvalue weighted by Gasteiger charge is 2.11. The third kappa shape index (κ3) is 3.91. The van der Waals surface area contributed by atoms with Crippen LogP contribution in [0.2, 0.25) is 0 Å². The molecule has 1 fully saturated rings. The molecule has 2 N–H and O–H groups in total. The fraction of sp³-hybridized carbons (Fsp3) is 0.615. The predicted octanol–water partition coefficient (Wildman–Crippen LogP) is 1.56. The number of nitrogens with one attached hydrogen (secondary N) is 2.